The van der Waals surface area contributed by atoms with E-state index in [1.807, 2.05) is 13.8 Å². The summed E-state index contributed by atoms with van der Waals surface area (Å²) >= 11 is 0. The lowest BCUT2D eigenvalue weighted by Crippen LogP contribution is -2.07. The summed E-state index contributed by atoms with van der Waals surface area (Å²) in [6.07, 6.45) is 2.95. The lowest BCUT2D eigenvalue weighted by atomic mass is 10.0. The van der Waals surface area contributed by atoms with E-state index >= 15 is 0 Å². The third kappa shape index (κ3) is 2.76. The Kier molecular flexibility index (Phi) is 4.61. The summed E-state index contributed by atoms with van der Waals surface area (Å²) in [5.41, 5.74) is 1.45. The number of anilines is 1. The molecule has 0 unspecified atom stereocenters. The summed E-state index contributed by atoms with van der Waals surface area (Å²) in [4.78, 5) is 8.34. The van der Waals surface area contributed by atoms with E-state index < -0.39 is 11.6 Å². The van der Waals surface area contributed by atoms with E-state index in [0.29, 0.717) is 24.5 Å². The highest BCUT2D eigenvalue weighted by molar-refractivity contribution is 5.68. The molecule has 1 heterocycles. The van der Waals surface area contributed by atoms with Crippen molar-refractivity contribution < 1.29 is 8.78 Å². The third-order valence-electron chi connectivity index (χ3n) is 3.00. The number of nitrogens with one attached hydrogen (secondary N) is 1. The van der Waals surface area contributed by atoms with E-state index in [0.717, 1.165) is 18.1 Å². The molecule has 2 aromatic rings. The van der Waals surface area contributed by atoms with Gasteiger partial charge in [-0.1, -0.05) is 19.4 Å². The maximum atomic E-state index is 14.0. The van der Waals surface area contributed by atoms with Gasteiger partial charge in [-0.3, -0.25) is 0 Å². The number of aromatic nitrogens is 2. The zero-order valence-corrected chi connectivity index (χ0v) is 11.6. The molecule has 3 nitrogen and oxygen atoms in total. The summed E-state index contributed by atoms with van der Waals surface area (Å²) in [7, 11) is 0. The number of benzene rings is 1. The Hall–Kier alpha value is -2.04. The van der Waals surface area contributed by atoms with Crippen molar-refractivity contribution in [1.82, 2.24) is 9.97 Å². The summed E-state index contributed by atoms with van der Waals surface area (Å²) in [6, 6.07) is 4.12. The number of hydrogen-bond acceptors (Lipinski definition) is 3. The zero-order chi connectivity index (χ0) is 14.5. The summed E-state index contributed by atoms with van der Waals surface area (Å²) in [5, 5.41) is 3.14. The highest BCUT2D eigenvalue weighted by Gasteiger charge is 2.17. The van der Waals surface area contributed by atoms with E-state index in [1.165, 1.54) is 18.5 Å². The number of halogens is 2. The standard InChI is InChI=1S/C15H17F2N3/c1-3-6-11-14(19-9-20-15(11)18-4-2)10-7-5-8-12(16)13(10)17/h5,7-9H,3-4,6H2,1-2H3,(H,18,19,20). The minimum absolute atomic E-state index is 0.176. The lowest BCUT2D eigenvalue weighted by molar-refractivity contribution is 0.511. The van der Waals surface area contributed by atoms with E-state index in [9.17, 15) is 8.78 Å². The van der Waals surface area contributed by atoms with Crippen LogP contribution in [-0.4, -0.2) is 16.5 Å². The molecule has 0 aliphatic carbocycles. The summed E-state index contributed by atoms with van der Waals surface area (Å²) in [5.74, 6) is -1.05. The maximum Gasteiger partial charge on any atom is 0.168 e. The fourth-order valence-electron chi connectivity index (χ4n) is 2.14. The van der Waals surface area contributed by atoms with Crippen molar-refractivity contribution in [2.75, 3.05) is 11.9 Å². The average molecular weight is 277 g/mol. The lowest BCUT2D eigenvalue weighted by Gasteiger charge is -2.13. The van der Waals surface area contributed by atoms with E-state index in [2.05, 4.69) is 15.3 Å². The van der Waals surface area contributed by atoms with Gasteiger partial charge < -0.3 is 5.32 Å². The topological polar surface area (TPSA) is 37.8 Å². The highest BCUT2D eigenvalue weighted by atomic mass is 19.2. The molecule has 1 aromatic carbocycles. The smallest absolute Gasteiger partial charge is 0.168 e. The fraction of sp³-hybridized carbons (Fsp3) is 0.333. The second-order valence-corrected chi connectivity index (χ2v) is 4.43. The predicted molar refractivity (Wildman–Crippen MR) is 75.5 cm³/mol. The molecule has 0 amide bonds. The van der Waals surface area contributed by atoms with Crippen LogP contribution in [0, 0.1) is 11.6 Å². The van der Waals surface area contributed by atoms with Gasteiger partial charge >= 0.3 is 0 Å². The van der Waals surface area contributed by atoms with Crippen molar-refractivity contribution in [3.63, 3.8) is 0 Å². The molecule has 0 aliphatic rings. The second-order valence-electron chi connectivity index (χ2n) is 4.43. The van der Waals surface area contributed by atoms with Crippen LogP contribution in [0.4, 0.5) is 14.6 Å². The Morgan fingerprint density at radius 2 is 1.95 bits per heavy atom. The quantitative estimate of drug-likeness (QED) is 0.903. The normalized spacial score (nSPS) is 10.6. The van der Waals surface area contributed by atoms with E-state index in [4.69, 9.17) is 0 Å². The minimum atomic E-state index is -0.869. The Balaban J connectivity index is 2.60. The van der Waals surface area contributed by atoms with Crippen molar-refractivity contribution in [1.29, 1.82) is 0 Å². The highest BCUT2D eigenvalue weighted by Crippen LogP contribution is 2.29. The average Bonchev–Trinajstić information content (AvgIpc) is 2.44. The van der Waals surface area contributed by atoms with Crippen molar-refractivity contribution in [2.24, 2.45) is 0 Å². The van der Waals surface area contributed by atoms with Gasteiger partial charge in [0.05, 0.1) is 5.69 Å². The molecule has 0 saturated carbocycles. The fourth-order valence-corrected chi connectivity index (χ4v) is 2.14. The number of hydrogen-bond donors (Lipinski definition) is 1. The van der Waals surface area contributed by atoms with Gasteiger partial charge in [0.1, 0.15) is 12.1 Å². The first-order chi connectivity index (χ1) is 9.69. The molecule has 0 radical (unpaired) electrons. The monoisotopic (exact) mass is 277 g/mol. The molecule has 1 N–H and O–H groups in total. The molecular formula is C15H17F2N3. The zero-order valence-electron chi connectivity index (χ0n) is 11.6. The van der Waals surface area contributed by atoms with Crippen LogP contribution >= 0.6 is 0 Å². The number of rotatable bonds is 5. The summed E-state index contributed by atoms with van der Waals surface area (Å²) < 4.78 is 27.4. The first-order valence-corrected chi connectivity index (χ1v) is 6.71. The van der Waals surface area contributed by atoms with Gasteiger partial charge in [0.2, 0.25) is 0 Å². The minimum Gasteiger partial charge on any atom is -0.370 e. The van der Waals surface area contributed by atoms with Gasteiger partial charge in [-0.2, -0.15) is 0 Å². The van der Waals surface area contributed by atoms with Gasteiger partial charge in [-0.15, -0.1) is 0 Å². The van der Waals surface area contributed by atoms with Crippen LogP contribution in [0.1, 0.15) is 25.8 Å². The van der Waals surface area contributed by atoms with E-state index in [1.54, 1.807) is 0 Å². The molecule has 20 heavy (non-hydrogen) atoms. The van der Waals surface area contributed by atoms with Gasteiger partial charge in [-0.05, 0) is 25.5 Å². The van der Waals surface area contributed by atoms with Crippen LogP contribution in [-0.2, 0) is 6.42 Å². The van der Waals surface area contributed by atoms with Crippen LogP contribution in [0.25, 0.3) is 11.3 Å². The Labute approximate surface area is 117 Å². The van der Waals surface area contributed by atoms with Crippen molar-refractivity contribution in [3.05, 3.63) is 41.7 Å². The van der Waals surface area contributed by atoms with Gasteiger partial charge in [0.25, 0.3) is 0 Å². The van der Waals surface area contributed by atoms with Gasteiger partial charge in [-0.25, -0.2) is 18.7 Å². The molecule has 0 saturated heterocycles. The molecule has 5 heteroatoms. The molecule has 0 spiro atoms. The predicted octanol–water partition coefficient (Wildman–Crippen LogP) is 3.81. The van der Waals surface area contributed by atoms with E-state index in [-0.39, 0.29) is 5.56 Å². The largest absolute Gasteiger partial charge is 0.370 e. The van der Waals surface area contributed by atoms with Crippen LogP contribution in [0.2, 0.25) is 0 Å². The molecule has 2 rings (SSSR count). The molecular weight excluding hydrogens is 260 g/mol. The molecule has 0 aliphatic heterocycles. The van der Waals surface area contributed by atoms with Crippen molar-refractivity contribution in [3.8, 4) is 11.3 Å². The molecule has 1 aromatic heterocycles. The number of nitrogens with zero attached hydrogens (tertiary/aromatic N) is 2. The van der Waals surface area contributed by atoms with Crippen molar-refractivity contribution >= 4 is 5.82 Å². The van der Waals surface area contributed by atoms with Crippen LogP contribution in [0.5, 0.6) is 0 Å². The van der Waals surface area contributed by atoms with Crippen LogP contribution in [0.3, 0.4) is 0 Å². The van der Waals surface area contributed by atoms with Crippen molar-refractivity contribution in [2.45, 2.75) is 26.7 Å². The second kappa shape index (κ2) is 6.41. The Morgan fingerprint density at radius 1 is 1.15 bits per heavy atom. The summed E-state index contributed by atoms with van der Waals surface area (Å²) in [6.45, 7) is 4.69. The van der Waals surface area contributed by atoms with Gasteiger partial charge in [0, 0.05) is 17.7 Å². The first kappa shape index (κ1) is 14.4. The Morgan fingerprint density at radius 3 is 2.65 bits per heavy atom. The first-order valence-electron chi connectivity index (χ1n) is 6.71. The maximum absolute atomic E-state index is 14.0. The third-order valence-corrected chi connectivity index (χ3v) is 3.00. The van der Waals surface area contributed by atoms with Gasteiger partial charge in [0.15, 0.2) is 11.6 Å². The Bertz CT molecular complexity index is 600. The SMILES string of the molecule is CCCc1c(NCC)ncnc1-c1cccc(F)c1F. The molecule has 0 bridgehead atoms. The van der Waals surface area contributed by atoms with Crippen LogP contribution < -0.4 is 5.32 Å². The molecule has 0 fully saturated rings. The molecule has 0 atom stereocenters. The molecule has 106 valence electrons. The van der Waals surface area contributed by atoms with Crippen LogP contribution in [0.15, 0.2) is 24.5 Å².